The molecule has 1 heterocycles. The molecule has 1 aliphatic heterocycles. The molecular formula is C23H30N2O3S. The molecule has 0 N–H and O–H groups in total. The maximum absolute atomic E-state index is 13.4. The van der Waals surface area contributed by atoms with Crippen LogP contribution in [0.2, 0.25) is 0 Å². The van der Waals surface area contributed by atoms with Gasteiger partial charge in [0.05, 0.1) is 10.6 Å². The largest absolute Gasteiger partial charge is 0.343 e. The summed E-state index contributed by atoms with van der Waals surface area (Å²) in [4.78, 5) is 14.8. The fourth-order valence-corrected chi connectivity index (χ4v) is 5.02. The summed E-state index contributed by atoms with van der Waals surface area (Å²) in [7, 11) is -3.76. The van der Waals surface area contributed by atoms with Crippen LogP contribution >= 0.6 is 0 Å². The van der Waals surface area contributed by atoms with Gasteiger partial charge >= 0.3 is 0 Å². The lowest BCUT2D eigenvalue weighted by atomic mass is 9.99. The van der Waals surface area contributed by atoms with Crippen LogP contribution in [0.4, 0.5) is 5.69 Å². The smallest absolute Gasteiger partial charge is 0.264 e. The third-order valence-corrected chi connectivity index (χ3v) is 7.44. The van der Waals surface area contributed by atoms with Crippen molar-refractivity contribution in [2.75, 3.05) is 23.9 Å². The van der Waals surface area contributed by atoms with Crippen LogP contribution < -0.4 is 4.31 Å². The molecule has 0 aromatic heterocycles. The number of anilines is 1. The number of amides is 1. The molecule has 3 rings (SSSR count). The van der Waals surface area contributed by atoms with E-state index in [0.29, 0.717) is 11.6 Å². The van der Waals surface area contributed by atoms with E-state index in [1.165, 1.54) is 4.31 Å². The quantitative estimate of drug-likeness (QED) is 0.714. The molecule has 1 amide bonds. The Kier molecular flexibility index (Phi) is 6.63. The Morgan fingerprint density at radius 1 is 0.966 bits per heavy atom. The lowest BCUT2D eigenvalue weighted by Gasteiger charge is -2.31. The number of sulfonamides is 1. The maximum Gasteiger partial charge on any atom is 0.264 e. The molecule has 0 radical (unpaired) electrons. The third-order valence-electron chi connectivity index (χ3n) is 5.60. The summed E-state index contributed by atoms with van der Waals surface area (Å²) >= 11 is 0. The maximum atomic E-state index is 13.4. The number of carbonyl (C=O) groups excluding carboxylic acids is 1. The normalized spacial score (nSPS) is 15.3. The molecule has 0 aliphatic carbocycles. The van der Waals surface area contributed by atoms with Gasteiger partial charge in [-0.3, -0.25) is 9.10 Å². The second kappa shape index (κ2) is 8.99. The first-order valence-electron chi connectivity index (χ1n) is 10.2. The zero-order valence-corrected chi connectivity index (χ0v) is 18.3. The molecule has 2 aromatic rings. The molecule has 5 nitrogen and oxygen atoms in total. The number of nitrogens with zero attached hydrogens (tertiary/aromatic N) is 2. The first-order valence-corrected chi connectivity index (χ1v) is 11.7. The molecule has 1 aliphatic rings. The number of benzene rings is 2. The number of carbonyl (C=O) groups is 1. The van der Waals surface area contributed by atoms with E-state index in [1.807, 2.05) is 30.9 Å². The molecule has 0 unspecified atom stereocenters. The molecule has 0 saturated carbocycles. The van der Waals surface area contributed by atoms with E-state index in [-0.39, 0.29) is 23.8 Å². The number of hydrogen-bond acceptors (Lipinski definition) is 3. The van der Waals surface area contributed by atoms with Crippen LogP contribution in [0.1, 0.15) is 37.3 Å². The van der Waals surface area contributed by atoms with Crippen LogP contribution in [0.3, 0.4) is 0 Å². The van der Waals surface area contributed by atoms with Crippen molar-refractivity contribution >= 4 is 21.6 Å². The van der Waals surface area contributed by atoms with Gasteiger partial charge in [0.15, 0.2) is 0 Å². The minimum atomic E-state index is -3.76. The molecule has 1 fully saturated rings. The van der Waals surface area contributed by atoms with Crippen LogP contribution in [0.5, 0.6) is 0 Å². The average molecular weight is 415 g/mol. The fraction of sp³-hybridized carbons (Fsp3) is 0.435. The SMILES string of the molecule is Cc1ccc(N(CCC(=O)N2CCC(C)CC2)S(=O)(=O)c2ccc(C)cc2)cc1. The number of piperidine rings is 1. The van der Waals surface area contributed by atoms with Gasteiger partial charge < -0.3 is 4.90 Å². The second-order valence-corrected chi connectivity index (χ2v) is 9.90. The summed E-state index contributed by atoms with van der Waals surface area (Å²) in [6.45, 7) is 7.74. The van der Waals surface area contributed by atoms with E-state index in [4.69, 9.17) is 0 Å². The Labute approximate surface area is 174 Å². The molecule has 29 heavy (non-hydrogen) atoms. The Morgan fingerprint density at radius 2 is 1.48 bits per heavy atom. The van der Waals surface area contributed by atoms with E-state index in [1.54, 1.807) is 36.4 Å². The van der Waals surface area contributed by atoms with E-state index >= 15 is 0 Å². The van der Waals surface area contributed by atoms with Gasteiger partial charge in [0.25, 0.3) is 10.0 Å². The Balaban J connectivity index is 1.82. The van der Waals surface area contributed by atoms with Crippen LogP contribution in [-0.2, 0) is 14.8 Å². The van der Waals surface area contributed by atoms with Crippen LogP contribution in [-0.4, -0.2) is 38.9 Å². The van der Waals surface area contributed by atoms with Crippen molar-refractivity contribution in [1.82, 2.24) is 4.90 Å². The van der Waals surface area contributed by atoms with E-state index < -0.39 is 10.0 Å². The lowest BCUT2D eigenvalue weighted by molar-refractivity contribution is -0.132. The zero-order valence-electron chi connectivity index (χ0n) is 17.5. The molecule has 0 spiro atoms. The molecule has 156 valence electrons. The summed E-state index contributed by atoms with van der Waals surface area (Å²) < 4.78 is 28.1. The Hall–Kier alpha value is -2.34. The van der Waals surface area contributed by atoms with Crippen molar-refractivity contribution in [2.45, 2.75) is 44.9 Å². The van der Waals surface area contributed by atoms with Crippen LogP contribution in [0.25, 0.3) is 0 Å². The minimum Gasteiger partial charge on any atom is -0.343 e. The highest BCUT2D eigenvalue weighted by atomic mass is 32.2. The van der Waals surface area contributed by atoms with E-state index in [9.17, 15) is 13.2 Å². The summed E-state index contributed by atoms with van der Waals surface area (Å²) in [6.07, 6.45) is 2.19. The highest BCUT2D eigenvalue weighted by Crippen LogP contribution is 2.25. The number of aryl methyl sites for hydroxylation is 2. The average Bonchev–Trinajstić information content (AvgIpc) is 2.70. The standard InChI is InChI=1S/C23H30N2O3S/c1-18-4-8-21(9-5-18)25(29(27,28)22-10-6-19(2)7-11-22)17-14-23(26)24-15-12-20(3)13-16-24/h4-11,20H,12-17H2,1-3H3. The van der Waals surface area contributed by atoms with Crippen molar-refractivity contribution in [1.29, 1.82) is 0 Å². The van der Waals surface area contributed by atoms with Gasteiger partial charge in [-0.25, -0.2) is 8.42 Å². The lowest BCUT2D eigenvalue weighted by Crippen LogP contribution is -2.40. The predicted molar refractivity (Wildman–Crippen MR) is 116 cm³/mol. The fourth-order valence-electron chi connectivity index (χ4n) is 3.55. The first kappa shape index (κ1) is 21.4. The van der Waals surface area contributed by atoms with Gasteiger partial charge in [0, 0.05) is 26.1 Å². The summed E-state index contributed by atoms with van der Waals surface area (Å²) in [5.41, 5.74) is 2.64. The summed E-state index contributed by atoms with van der Waals surface area (Å²) in [5.74, 6) is 0.665. The van der Waals surface area contributed by atoms with Crippen molar-refractivity contribution in [2.24, 2.45) is 5.92 Å². The van der Waals surface area contributed by atoms with Crippen molar-refractivity contribution < 1.29 is 13.2 Å². The van der Waals surface area contributed by atoms with Crippen molar-refractivity contribution in [3.05, 3.63) is 59.7 Å². The highest BCUT2D eigenvalue weighted by molar-refractivity contribution is 7.92. The van der Waals surface area contributed by atoms with Gasteiger partial charge in [0.1, 0.15) is 0 Å². The van der Waals surface area contributed by atoms with Gasteiger partial charge in [-0.15, -0.1) is 0 Å². The van der Waals surface area contributed by atoms with Crippen molar-refractivity contribution in [3.63, 3.8) is 0 Å². The Morgan fingerprint density at radius 3 is 2.03 bits per heavy atom. The number of hydrogen-bond donors (Lipinski definition) is 0. The summed E-state index contributed by atoms with van der Waals surface area (Å²) in [5, 5.41) is 0. The third kappa shape index (κ3) is 5.18. The highest BCUT2D eigenvalue weighted by Gasteiger charge is 2.27. The van der Waals surface area contributed by atoms with Gasteiger partial charge in [0.2, 0.25) is 5.91 Å². The van der Waals surface area contributed by atoms with Gasteiger partial charge in [-0.1, -0.05) is 42.3 Å². The van der Waals surface area contributed by atoms with Crippen molar-refractivity contribution in [3.8, 4) is 0 Å². The Bertz CT molecular complexity index is 929. The molecular weight excluding hydrogens is 384 g/mol. The zero-order chi connectivity index (χ0) is 21.0. The minimum absolute atomic E-state index is 0.0214. The van der Waals surface area contributed by atoms with Gasteiger partial charge in [-0.05, 0) is 56.9 Å². The van der Waals surface area contributed by atoms with Crippen LogP contribution in [0, 0.1) is 19.8 Å². The molecule has 6 heteroatoms. The predicted octanol–water partition coefficient (Wildman–Crippen LogP) is 4.15. The number of likely N-dealkylation sites (tertiary alicyclic amines) is 1. The molecule has 0 bridgehead atoms. The van der Waals surface area contributed by atoms with Crippen LogP contribution in [0.15, 0.2) is 53.4 Å². The first-order chi connectivity index (χ1) is 13.8. The van der Waals surface area contributed by atoms with E-state index in [0.717, 1.165) is 37.1 Å². The topological polar surface area (TPSA) is 57.7 Å². The van der Waals surface area contributed by atoms with E-state index in [2.05, 4.69) is 6.92 Å². The summed E-state index contributed by atoms with van der Waals surface area (Å²) in [6, 6.07) is 14.2. The number of rotatable bonds is 6. The van der Waals surface area contributed by atoms with Gasteiger partial charge in [-0.2, -0.15) is 0 Å². The monoisotopic (exact) mass is 414 g/mol. The molecule has 2 aromatic carbocycles. The molecule has 1 saturated heterocycles. The molecule has 0 atom stereocenters. The second-order valence-electron chi connectivity index (χ2n) is 8.04.